The first kappa shape index (κ1) is 17.9. The van der Waals surface area contributed by atoms with Gasteiger partial charge >= 0.3 is 6.18 Å². The van der Waals surface area contributed by atoms with Crippen LogP contribution in [-0.2, 0) is 13.2 Å². The molecule has 27 heavy (non-hydrogen) atoms. The van der Waals surface area contributed by atoms with Crippen molar-refractivity contribution in [1.82, 2.24) is 19.7 Å². The molecular formula is C17H21F3N6O. The zero-order chi connectivity index (χ0) is 19.2. The molecule has 2 aromatic heterocycles. The summed E-state index contributed by atoms with van der Waals surface area (Å²) in [6.45, 7) is 0.592. The summed E-state index contributed by atoms with van der Waals surface area (Å²) in [5.74, 6) is 0.769. The highest BCUT2D eigenvalue weighted by molar-refractivity contribution is 5.66. The number of hydrogen-bond donors (Lipinski definition) is 2. The van der Waals surface area contributed by atoms with E-state index in [2.05, 4.69) is 20.4 Å². The van der Waals surface area contributed by atoms with E-state index < -0.39 is 17.6 Å². The molecule has 0 aliphatic heterocycles. The van der Waals surface area contributed by atoms with Gasteiger partial charge in [-0.15, -0.1) is 0 Å². The Kier molecular flexibility index (Phi) is 4.35. The Morgan fingerprint density at radius 2 is 2.04 bits per heavy atom. The summed E-state index contributed by atoms with van der Waals surface area (Å²) in [5.41, 5.74) is 5.85. The van der Waals surface area contributed by atoms with E-state index in [1.807, 2.05) is 0 Å². The lowest BCUT2D eigenvalue weighted by Gasteiger charge is -2.25. The van der Waals surface area contributed by atoms with Gasteiger partial charge in [-0.2, -0.15) is 23.3 Å². The number of anilines is 3. The maximum absolute atomic E-state index is 12.9. The summed E-state index contributed by atoms with van der Waals surface area (Å²) in [4.78, 5) is 7.55. The molecule has 2 fully saturated rings. The van der Waals surface area contributed by atoms with E-state index in [1.165, 1.54) is 6.42 Å². The number of ether oxygens (including phenoxy) is 1. The molecule has 2 saturated carbocycles. The highest BCUT2D eigenvalue weighted by Gasteiger charge is 2.35. The van der Waals surface area contributed by atoms with Gasteiger partial charge in [-0.1, -0.05) is 6.42 Å². The van der Waals surface area contributed by atoms with Crippen LogP contribution in [-0.4, -0.2) is 26.4 Å². The van der Waals surface area contributed by atoms with Crippen molar-refractivity contribution in [3.8, 4) is 5.88 Å². The normalized spacial score (nSPS) is 17.6. The van der Waals surface area contributed by atoms with Crippen LogP contribution in [0.3, 0.4) is 0 Å². The highest BCUT2D eigenvalue weighted by atomic mass is 19.4. The smallest absolute Gasteiger partial charge is 0.421 e. The lowest BCUT2D eigenvalue weighted by Crippen LogP contribution is -2.20. The molecule has 146 valence electrons. The van der Waals surface area contributed by atoms with E-state index >= 15 is 0 Å². The van der Waals surface area contributed by atoms with Crippen molar-refractivity contribution in [3.63, 3.8) is 0 Å². The fraction of sp³-hybridized carbons (Fsp3) is 0.588. The molecule has 10 heteroatoms. The molecule has 0 spiro atoms. The van der Waals surface area contributed by atoms with Gasteiger partial charge in [0.2, 0.25) is 11.8 Å². The number of aromatic nitrogens is 4. The van der Waals surface area contributed by atoms with Crippen molar-refractivity contribution >= 4 is 17.5 Å². The zero-order valence-corrected chi connectivity index (χ0v) is 14.9. The maximum Gasteiger partial charge on any atom is 0.421 e. The summed E-state index contributed by atoms with van der Waals surface area (Å²) in [6.07, 6.45) is 1.65. The van der Waals surface area contributed by atoms with Gasteiger partial charge in [0, 0.05) is 19.2 Å². The monoisotopic (exact) mass is 382 g/mol. The molecule has 0 unspecified atom stereocenters. The van der Waals surface area contributed by atoms with Gasteiger partial charge in [0.05, 0.1) is 12.3 Å². The first-order chi connectivity index (χ1) is 12.8. The van der Waals surface area contributed by atoms with Crippen LogP contribution >= 0.6 is 0 Å². The van der Waals surface area contributed by atoms with Gasteiger partial charge in [0.25, 0.3) is 0 Å². The second-order valence-electron chi connectivity index (χ2n) is 7.19. The van der Waals surface area contributed by atoms with Crippen molar-refractivity contribution < 1.29 is 17.9 Å². The number of aryl methyl sites for hydroxylation is 1. The Labute approximate surface area is 154 Å². The molecule has 0 radical (unpaired) electrons. The number of nitrogens with one attached hydrogen (secondary N) is 1. The molecule has 2 heterocycles. The third-order valence-electron chi connectivity index (χ3n) is 5.03. The van der Waals surface area contributed by atoms with Crippen molar-refractivity contribution in [3.05, 3.63) is 17.5 Å². The minimum atomic E-state index is -4.59. The Hall–Kier alpha value is -2.52. The molecule has 0 saturated heterocycles. The first-order valence-electron chi connectivity index (χ1n) is 8.99. The molecule has 2 aliphatic carbocycles. The summed E-state index contributed by atoms with van der Waals surface area (Å²) in [7, 11) is 1.79. The molecule has 4 rings (SSSR count). The minimum absolute atomic E-state index is 0.0103. The van der Waals surface area contributed by atoms with Crippen LogP contribution in [0, 0.1) is 5.92 Å². The van der Waals surface area contributed by atoms with Crippen molar-refractivity contribution in [1.29, 1.82) is 0 Å². The molecule has 2 aliphatic rings. The third-order valence-corrected chi connectivity index (χ3v) is 5.03. The average molecular weight is 382 g/mol. The summed E-state index contributed by atoms with van der Waals surface area (Å²) in [6, 6.07) is 0. The van der Waals surface area contributed by atoms with Gasteiger partial charge < -0.3 is 15.8 Å². The van der Waals surface area contributed by atoms with Crippen LogP contribution in [0.4, 0.5) is 30.6 Å². The van der Waals surface area contributed by atoms with Crippen molar-refractivity contribution in [2.45, 2.75) is 44.2 Å². The number of nitrogens with two attached hydrogens (primary N) is 1. The number of hydrogen-bond acceptors (Lipinski definition) is 6. The molecule has 0 atom stereocenters. The summed E-state index contributed by atoms with van der Waals surface area (Å²) < 4.78 is 46.2. The maximum atomic E-state index is 12.9. The van der Waals surface area contributed by atoms with E-state index in [1.54, 1.807) is 11.7 Å². The Morgan fingerprint density at radius 3 is 2.59 bits per heavy atom. The standard InChI is InChI=1S/C17H21F3N6O/c1-26-15(27-8-9-3-2-4-9)13(12(25-26)10-5-6-10)23-16-22-7-11(14(21)24-16)17(18,19)20/h7,9-10H,2-6,8H2,1H3,(H3,21,22,23,24). The predicted octanol–water partition coefficient (Wildman–Crippen LogP) is 3.61. The van der Waals surface area contributed by atoms with Crippen LogP contribution < -0.4 is 15.8 Å². The van der Waals surface area contributed by atoms with Gasteiger partial charge in [-0.25, -0.2) is 9.67 Å². The fourth-order valence-electron chi connectivity index (χ4n) is 3.10. The molecule has 0 bridgehead atoms. The van der Waals surface area contributed by atoms with E-state index in [0.717, 1.165) is 31.4 Å². The molecular weight excluding hydrogens is 361 g/mol. The number of nitrogen functional groups attached to an aromatic ring is 1. The average Bonchev–Trinajstić information content (AvgIpc) is 3.32. The molecule has 0 amide bonds. The van der Waals surface area contributed by atoms with Crippen LogP contribution in [0.15, 0.2) is 6.20 Å². The summed E-state index contributed by atoms with van der Waals surface area (Å²) >= 11 is 0. The number of alkyl halides is 3. The van der Waals surface area contributed by atoms with E-state index in [4.69, 9.17) is 10.5 Å². The Balaban J connectivity index is 1.61. The van der Waals surface area contributed by atoms with E-state index in [-0.39, 0.29) is 5.95 Å². The first-order valence-corrected chi connectivity index (χ1v) is 8.99. The number of nitrogens with zero attached hydrogens (tertiary/aromatic N) is 4. The van der Waals surface area contributed by atoms with Gasteiger partial charge in [-0.3, -0.25) is 0 Å². The number of halogens is 3. The number of rotatable bonds is 6. The SMILES string of the molecule is Cn1nc(C2CC2)c(Nc2ncc(C(F)(F)F)c(N)n2)c1OCC1CCC1. The van der Waals surface area contributed by atoms with Gasteiger partial charge in [0.1, 0.15) is 17.1 Å². The van der Waals surface area contributed by atoms with E-state index in [9.17, 15) is 13.2 Å². The molecule has 2 aromatic rings. The van der Waals surface area contributed by atoms with Crippen LogP contribution in [0.5, 0.6) is 5.88 Å². The fourth-order valence-corrected chi connectivity index (χ4v) is 3.10. The molecule has 7 nitrogen and oxygen atoms in total. The lowest BCUT2D eigenvalue weighted by atomic mass is 9.86. The predicted molar refractivity (Wildman–Crippen MR) is 92.7 cm³/mol. The van der Waals surface area contributed by atoms with Gasteiger partial charge in [0.15, 0.2) is 0 Å². The van der Waals surface area contributed by atoms with Crippen LogP contribution in [0.1, 0.15) is 49.3 Å². The third kappa shape index (κ3) is 3.65. The Bertz CT molecular complexity index is 842. The quantitative estimate of drug-likeness (QED) is 0.793. The minimum Gasteiger partial charge on any atom is -0.476 e. The lowest BCUT2D eigenvalue weighted by molar-refractivity contribution is -0.137. The zero-order valence-electron chi connectivity index (χ0n) is 14.9. The second-order valence-corrected chi connectivity index (χ2v) is 7.19. The summed E-state index contributed by atoms with van der Waals surface area (Å²) in [5, 5.41) is 7.52. The van der Waals surface area contributed by atoms with Crippen LogP contribution in [0.25, 0.3) is 0 Å². The topological polar surface area (TPSA) is 90.9 Å². The largest absolute Gasteiger partial charge is 0.476 e. The van der Waals surface area contributed by atoms with Crippen molar-refractivity contribution in [2.75, 3.05) is 17.7 Å². The molecule has 0 aromatic carbocycles. The second kappa shape index (κ2) is 6.58. The van der Waals surface area contributed by atoms with Crippen molar-refractivity contribution in [2.24, 2.45) is 13.0 Å². The van der Waals surface area contributed by atoms with Gasteiger partial charge in [-0.05, 0) is 31.6 Å². The Morgan fingerprint density at radius 1 is 1.30 bits per heavy atom. The van der Waals surface area contributed by atoms with E-state index in [0.29, 0.717) is 36.2 Å². The van der Waals surface area contributed by atoms with Crippen LogP contribution in [0.2, 0.25) is 0 Å². The molecule has 3 N–H and O–H groups in total. The highest BCUT2D eigenvalue weighted by Crippen LogP contribution is 2.46.